The molecule has 1 fully saturated rings. The standard InChI is InChI=1S/C21H26N2O2S/c1-25-20(18-5-3-2-4-6-18)21(24)22-19-9-7-17(8-10-19)11-12-23-13-15-26-16-14-23/h2-10,20H,11-16H2,1H3,(H,22,24). The zero-order valence-electron chi connectivity index (χ0n) is 15.2. The van der Waals surface area contributed by atoms with E-state index >= 15 is 0 Å². The summed E-state index contributed by atoms with van der Waals surface area (Å²) in [7, 11) is 1.56. The van der Waals surface area contributed by atoms with Gasteiger partial charge in [-0.05, 0) is 29.7 Å². The summed E-state index contributed by atoms with van der Waals surface area (Å²) in [5.41, 5.74) is 2.95. The van der Waals surface area contributed by atoms with E-state index in [1.807, 2.05) is 54.2 Å². The van der Waals surface area contributed by atoms with Crippen LogP contribution in [-0.4, -0.2) is 49.1 Å². The summed E-state index contributed by atoms with van der Waals surface area (Å²) in [6, 6.07) is 17.7. The molecule has 0 aromatic heterocycles. The highest BCUT2D eigenvalue weighted by molar-refractivity contribution is 7.99. The van der Waals surface area contributed by atoms with Gasteiger partial charge in [0.1, 0.15) is 0 Å². The molecule has 1 unspecified atom stereocenters. The zero-order chi connectivity index (χ0) is 18.2. The van der Waals surface area contributed by atoms with Crippen LogP contribution in [0.2, 0.25) is 0 Å². The first-order valence-electron chi connectivity index (χ1n) is 9.04. The van der Waals surface area contributed by atoms with E-state index in [1.165, 1.54) is 30.2 Å². The first-order chi connectivity index (χ1) is 12.8. The van der Waals surface area contributed by atoms with Gasteiger partial charge in [0.25, 0.3) is 5.91 Å². The second-order valence-corrected chi connectivity index (χ2v) is 7.64. The summed E-state index contributed by atoms with van der Waals surface area (Å²) >= 11 is 2.04. The fourth-order valence-corrected chi connectivity index (χ4v) is 4.08. The fraction of sp³-hybridized carbons (Fsp3) is 0.381. The Hall–Kier alpha value is -1.82. The van der Waals surface area contributed by atoms with Gasteiger partial charge in [-0.2, -0.15) is 11.8 Å². The molecule has 1 heterocycles. The van der Waals surface area contributed by atoms with E-state index < -0.39 is 6.10 Å². The van der Waals surface area contributed by atoms with E-state index in [4.69, 9.17) is 4.74 Å². The molecule has 0 spiro atoms. The lowest BCUT2D eigenvalue weighted by molar-refractivity contribution is -0.126. The Morgan fingerprint density at radius 1 is 1.12 bits per heavy atom. The zero-order valence-corrected chi connectivity index (χ0v) is 16.0. The summed E-state index contributed by atoms with van der Waals surface area (Å²) in [5, 5.41) is 2.95. The molecule has 1 amide bonds. The number of ether oxygens (including phenoxy) is 1. The van der Waals surface area contributed by atoms with Crippen molar-refractivity contribution >= 4 is 23.4 Å². The highest BCUT2D eigenvalue weighted by Crippen LogP contribution is 2.19. The number of nitrogens with one attached hydrogen (secondary N) is 1. The van der Waals surface area contributed by atoms with Gasteiger partial charge in [0.05, 0.1) is 0 Å². The monoisotopic (exact) mass is 370 g/mol. The van der Waals surface area contributed by atoms with Gasteiger partial charge in [-0.15, -0.1) is 0 Å². The Labute approximate surface area is 159 Å². The largest absolute Gasteiger partial charge is 0.367 e. The van der Waals surface area contributed by atoms with E-state index in [0.717, 1.165) is 24.2 Å². The van der Waals surface area contributed by atoms with Crippen LogP contribution in [0, 0.1) is 0 Å². The van der Waals surface area contributed by atoms with Crippen molar-refractivity contribution in [3.05, 3.63) is 65.7 Å². The summed E-state index contributed by atoms with van der Waals surface area (Å²) in [5.74, 6) is 2.33. The molecule has 4 nitrogen and oxygen atoms in total. The summed E-state index contributed by atoms with van der Waals surface area (Å²) in [6.45, 7) is 3.49. The van der Waals surface area contributed by atoms with Crippen LogP contribution >= 0.6 is 11.8 Å². The molecule has 5 heteroatoms. The van der Waals surface area contributed by atoms with Gasteiger partial charge in [0.2, 0.25) is 0 Å². The minimum atomic E-state index is -0.604. The van der Waals surface area contributed by atoms with Crippen LogP contribution in [0.15, 0.2) is 54.6 Å². The molecule has 138 valence electrons. The van der Waals surface area contributed by atoms with E-state index in [9.17, 15) is 4.79 Å². The Bertz CT molecular complexity index is 685. The molecule has 0 aliphatic carbocycles. The second-order valence-electron chi connectivity index (χ2n) is 6.42. The molecule has 0 saturated carbocycles. The lowest BCUT2D eigenvalue weighted by Crippen LogP contribution is -2.34. The number of hydrogen-bond acceptors (Lipinski definition) is 4. The van der Waals surface area contributed by atoms with Gasteiger partial charge in [0.15, 0.2) is 6.10 Å². The van der Waals surface area contributed by atoms with Crippen molar-refractivity contribution in [1.82, 2.24) is 4.90 Å². The molecule has 1 atom stereocenters. The SMILES string of the molecule is COC(C(=O)Nc1ccc(CCN2CCSCC2)cc1)c1ccccc1. The Morgan fingerprint density at radius 3 is 2.46 bits per heavy atom. The minimum Gasteiger partial charge on any atom is -0.367 e. The van der Waals surface area contributed by atoms with E-state index in [-0.39, 0.29) is 5.91 Å². The van der Waals surface area contributed by atoms with Crippen molar-refractivity contribution < 1.29 is 9.53 Å². The summed E-state index contributed by atoms with van der Waals surface area (Å²) in [6.07, 6.45) is 0.441. The second kappa shape index (κ2) is 9.76. The molecular formula is C21H26N2O2S. The number of amides is 1. The first kappa shape index (κ1) is 19.0. The van der Waals surface area contributed by atoms with Crippen LogP contribution in [0.1, 0.15) is 17.2 Å². The Kier molecular flexibility index (Phi) is 7.12. The normalized spacial score (nSPS) is 16.2. The smallest absolute Gasteiger partial charge is 0.258 e. The third kappa shape index (κ3) is 5.34. The molecule has 2 aromatic carbocycles. The first-order valence-corrected chi connectivity index (χ1v) is 10.2. The maximum Gasteiger partial charge on any atom is 0.258 e. The molecule has 1 N–H and O–H groups in total. The van der Waals surface area contributed by atoms with Crippen LogP contribution in [0.25, 0.3) is 0 Å². The number of hydrogen-bond donors (Lipinski definition) is 1. The quantitative estimate of drug-likeness (QED) is 0.808. The van der Waals surface area contributed by atoms with Gasteiger partial charge < -0.3 is 15.0 Å². The molecule has 1 aliphatic heterocycles. The lowest BCUT2D eigenvalue weighted by Gasteiger charge is -2.26. The predicted molar refractivity (Wildman–Crippen MR) is 109 cm³/mol. The van der Waals surface area contributed by atoms with E-state index in [1.54, 1.807) is 7.11 Å². The maximum absolute atomic E-state index is 12.5. The molecule has 26 heavy (non-hydrogen) atoms. The van der Waals surface area contributed by atoms with Crippen LogP contribution in [0.3, 0.4) is 0 Å². The number of carbonyl (C=O) groups excluding carboxylic acids is 1. The fourth-order valence-electron chi connectivity index (χ4n) is 3.10. The average molecular weight is 371 g/mol. The number of anilines is 1. The van der Waals surface area contributed by atoms with Crippen LogP contribution in [-0.2, 0) is 16.0 Å². The predicted octanol–water partition coefficient (Wildman–Crippen LogP) is 3.60. The highest BCUT2D eigenvalue weighted by atomic mass is 32.2. The van der Waals surface area contributed by atoms with Crippen molar-refractivity contribution in [2.45, 2.75) is 12.5 Å². The van der Waals surface area contributed by atoms with E-state index in [2.05, 4.69) is 22.3 Å². The van der Waals surface area contributed by atoms with Gasteiger partial charge in [0, 0.05) is 43.9 Å². The van der Waals surface area contributed by atoms with Crippen LogP contribution in [0.5, 0.6) is 0 Å². The van der Waals surface area contributed by atoms with Crippen LogP contribution < -0.4 is 5.32 Å². The molecule has 2 aromatic rings. The van der Waals surface area contributed by atoms with Crippen molar-refractivity contribution in [3.63, 3.8) is 0 Å². The molecule has 1 aliphatic rings. The third-order valence-electron chi connectivity index (χ3n) is 4.62. The summed E-state index contributed by atoms with van der Waals surface area (Å²) < 4.78 is 5.38. The minimum absolute atomic E-state index is 0.155. The summed E-state index contributed by atoms with van der Waals surface area (Å²) in [4.78, 5) is 15.0. The average Bonchev–Trinajstić information content (AvgIpc) is 2.70. The number of carbonyl (C=O) groups is 1. The van der Waals surface area contributed by atoms with Gasteiger partial charge >= 0.3 is 0 Å². The van der Waals surface area contributed by atoms with Gasteiger partial charge in [-0.1, -0.05) is 42.5 Å². The highest BCUT2D eigenvalue weighted by Gasteiger charge is 2.19. The third-order valence-corrected chi connectivity index (χ3v) is 5.56. The van der Waals surface area contributed by atoms with Gasteiger partial charge in [-0.3, -0.25) is 4.79 Å². The number of thioether (sulfide) groups is 1. The number of rotatable bonds is 7. The maximum atomic E-state index is 12.5. The molecule has 0 bridgehead atoms. The van der Waals surface area contributed by atoms with E-state index in [0.29, 0.717) is 0 Å². The molecular weight excluding hydrogens is 344 g/mol. The van der Waals surface area contributed by atoms with Crippen molar-refractivity contribution in [3.8, 4) is 0 Å². The number of benzene rings is 2. The lowest BCUT2D eigenvalue weighted by atomic mass is 10.1. The Balaban J connectivity index is 1.53. The topological polar surface area (TPSA) is 41.6 Å². The van der Waals surface area contributed by atoms with Gasteiger partial charge in [-0.25, -0.2) is 0 Å². The number of methoxy groups -OCH3 is 1. The van der Waals surface area contributed by atoms with Crippen molar-refractivity contribution in [2.24, 2.45) is 0 Å². The van der Waals surface area contributed by atoms with Crippen LogP contribution in [0.4, 0.5) is 5.69 Å². The van der Waals surface area contributed by atoms with Crippen molar-refractivity contribution in [2.75, 3.05) is 43.6 Å². The molecule has 0 radical (unpaired) electrons. The number of nitrogens with zero attached hydrogens (tertiary/aromatic N) is 1. The van der Waals surface area contributed by atoms with Crippen molar-refractivity contribution in [1.29, 1.82) is 0 Å². The molecule has 1 saturated heterocycles. The molecule has 3 rings (SSSR count). The Morgan fingerprint density at radius 2 is 1.81 bits per heavy atom.